The quantitative estimate of drug-likeness (QED) is 0.896. The summed E-state index contributed by atoms with van der Waals surface area (Å²) in [6.45, 7) is 4.85. The van der Waals surface area contributed by atoms with Gasteiger partial charge in [-0.25, -0.2) is 8.78 Å². The van der Waals surface area contributed by atoms with Gasteiger partial charge in [0.1, 0.15) is 0 Å². The third-order valence-electron chi connectivity index (χ3n) is 4.67. The minimum absolute atomic E-state index is 0.199. The molecule has 0 radical (unpaired) electrons. The zero-order valence-corrected chi connectivity index (χ0v) is 12.9. The first-order valence-electron chi connectivity index (χ1n) is 7.80. The molecule has 0 heterocycles. The molecule has 1 unspecified atom stereocenters. The number of rotatable bonds is 5. The van der Waals surface area contributed by atoms with Gasteiger partial charge in [-0.1, -0.05) is 13.0 Å². The van der Waals surface area contributed by atoms with E-state index in [-0.39, 0.29) is 11.6 Å². The molecule has 0 spiro atoms. The lowest BCUT2D eigenvalue weighted by Gasteiger charge is -2.43. The lowest BCUT2D eigenvalue weighted by atomic mass is 9.74. The Bertz CT molecular complexity index is 470. The monoisotopic (exact) mass is 297 g/mol. The maximum Gasteiger partial charge on any atom is 0.159 e. The number of hydrogen-bond donors (Lipinski definition) is 1. The maximum absolute atomic E-state index is 13.3. The first-order valence-corrected chi connectivity index (χ1v) is 7.80. The summed E-state index contributed by atoms with van der Waals surface area (Å²) in [6.07, 6.45) is 4.59. The molecule has 1 fully saturated rings. The van der Waals surface area contributed by atoms with Gasteiger partial charge < -0.3 is 10.5 Å². The standard InChI is InChI=1S/C17H25F2NO/c1-3-21-17(8-6-12(2)7-9-17)16(20)11-13-4-5-14(18)15(19)10-13/h4-5,10,12,16H,3,6-9,11,20H2,1-2H3. The Balaban J connectivity index is 2.11. The van der Waals surface area contributed by atoms with Crippen molar-refractivity contribution in [2.24, 2.45) is 11.7 Å². The second-order valence-electron chi connectivity index (χ2n) is 6.24. The second kappa shape index (κ2) is 6.84. The van der Waals surface area contributed by atoms with E-state index in [2.05, 4.69) is 6.92 Å². The second-order valence-corrected chi connectivity index (χ2v) is 6.24. The zero-order valence-electron chi connectivity index (χ0n) is 12.9. The first kappa shape index (κ1) is 16.4. The Labute approximate surface area is 125 Å². The summed E-state index contributed by atoms with van der Waals surface area (Å²) in [7, 11) is 0. The molecule has 1 saturated carbocycles. The van der Waals surface area contributed by atoms with Gasteiger partial charge in [0.25, 0.3) is 0 Å². The summed E-state index contributed by atoms with van der Waals surface area (Å²) in [6, 6.07) is 3.80. The van der Waals surface area contributed by atoms with Crippen molar-refractivity contribution in [3.05, 3.63) is 35.4 Å². The highest BCUT2D eigenvalue weighted by Crippen LogP contribution is 2.37. The Morgan fingerprint density at radius 3 is 2.52 bits per heavy atom. The van der Waals surface area contributed by atoms with Crippen molar-refractivity contribution in [3.8, 4) is 0 Å². The highest BCUT2D eigenvalue weighted by Gasteiger charge is 2.40. The molecular formula is C17H25F2NO. The Morgan fingerprint density at radius 2 is 1.95 bits per heavy atom. The Kier molecular flexibility index (Phi) is 5.33. The van der Waals surface area contributed by atoms with Crippen LogP contribution in [0.1, 0.15) is 45.1 Å². The van der Waals surface area contributed by atoms with Gasteiger partial charge in [0, 0.05) is 12.6 Å². The van der Waals surface area contributed by atoms with Crippen LogP contribution in [-0.2, 0) is 11.2 Å². The van der Waals surface area contributed by atoms with Crippen molar-refractivity contribution in [1.82, 2.24) is 0 Å². The fourth-order valence-electron chi connectivity index (χ4n) is 3.27. The molecule has 1 aliphatic carbocycles. The highest BCUT2D eigenvalue weighted by molar-refractivity contribution is 5.20. The number of hydrogen-bond acceptors (Lipinski definition) is 2. The van der Waals surface area contributed by atoms with Gasteiger partial charge in [0.15, 0.2) is 11.6 Å². The predicted molar refractivity (Wildman–Crippen MR) is 80.0 cm³/mol. The highest BCUT2D eigenvalue weighted by atomic mass is 19.2. The number of benzene rings is 1. The molecule has 0 saturated heterocycles. The van der Waals surface area contributed by atoms with Gasteiger partial charge in [-0.15, -0.1) is 0 Å². The summed E-state index contributed by atoms with van der Waals surface area (Å²) in [5, 5.41) is 0. The normalized spacial score (nSPS) is 27.6. The largest absolute Gasteiger partial charge is 0.374 e. The molecule has 2 rings (SSSR count). The van der Waals surface area contributed by atoms with E-state index < -0.39 is 11.6 Å². The molecule has 118 valence electrons. The van der Waals surface area contributed by atoms with Crippen molar-refractivity contribution >= 4 is 0 Å². The molecule has 0 amide bonds. The maximum atomic E-state index is 13.3. The molecule has 0 aliphatic heterocycles. The minimum atomic E-state index is -0.821. The van der Waals surface area contributed by atoms with Crippen LogP contribution in [0.2, 0.25) is 0 Å². The third-order valence-corrected chi connectivity index (χ3v) is 4.67. The molecule has 1 aromatic carbocycles. The van der Waals surface area contributed by atoms with Gasteiger partial charge in [0.05, 0.1) is 5.60 Å². The van der Waals surface area contributed by atoms with Crippen molar-refractivity contribution < 1.29 is 13.5 Å². The molecule has 1 atom stereocenters. The molecular weight excluding hydrogens is 272 g/mol. The van der Waals surface area contributed by atoms with E-state index in [4.69, 9.17) is 10.5 Å². The van der Waals surface area contributed by atoms with Crippen LogP contribution in [0.4, 0.5) is 8.78 Å². The van der Waals surface area contributed by atoms with E-state index in [1.807, 2.05) is 6.92 Å². The molecule has 21 heavy (non-hydrogen) atoms. The third kappa shape index (κ3) is 3.80. The molecule has 0 bridgehead atoms. The minimum Gasteiger partial charge on any atom is -0.374 e. The number of ether oxygens (including phenoxy) is 1. The van der Waals surface area contributed by atoms with Gasteiger partial charge in [-0.2, -0.15) is 0 Å². The zero-order chi connectivity index (χ0) is 15.5. The predicted octanol–water partition coefficient (Wildman–Crippen LogP) is 3.82. The molecule has 1 aromatic rings. The number of halogens is 2. The van der Waals surface area contributed by atoms with Crippen LogP contribution in [0.5, 0.6) is 0 Å². The van der Waals surface area contributed by atoms with Crippen LogP contribution >= 0.6 is 0 Å². The van der Waals surface area contributed by atoms with Crippen LogP contribution < -0.4 is 5.73 Å². The summed E-state index contributed by atoms with van der Waals surface area (Å²) < 4.78 is 32.3. The van der Waals surface area contributed by atoms with E-state index >= 15 is 0 Å². The topological polar surface area (TPSA) is 35.2 Å². The van der Waals surface area contributed by atoms with Crippen molar-refractivity contribution in [2.45, 2.75) is 57.6 Å². The van der Waals surface area contributed by atoms with Crippen LogP contribution in [0.3, 0.4) is 0 Å². The molecule has 1 aliphatic rings. The summed E-state index contributed by atoms with van der Waals surface area (Å²) in [5.41, 5.74) is 6.79. The summed E-state index contributed by atoms with van der Waals surface area (Å²) >= 11 is 0. The van der Waals surface area contributed by atoms with E-state index in [0.717, 1.165) is 37.3 Å². The lowest BCUT2D eigenvalue weighted by molar-refractivity contribution is -0.0883. The average Bonchev–Trinajstić information content (AvgIpc) is 2.46. The smallest absolute Gasteiger partial charge is 0.159 e. The van der Waals surface area contributed by atoms with Gasteiger partial charge in [-0.05, 0) is 62.6 Å². The van der Waals surface area contributed by atoms with E-state index in [1.165, 1.54) is 6.07 Å². The summed E-state index contributed by atoms with van der Waals surface area (Å²) in [4.78, 5) is 0. The van der Waals surface area contributed by atoms with Gasteiger partial charge in [0.2, 0.25) is 0 Å². The number of nitrogens with two attached hydrogens (primary N) is 1. The van der Waals surface area contributed by atoms with Crippen LogP contribution in [0.15, 0.2) is 18.2 Å². The van der Waals surface area contributed by atoms with Crippen LogP contribution in [-0.4, -0.2) is 18.2 Å². The molecule has 0 aromatic heterocycles. The van der Waals surface area contributed by atoms with Crippen LogP contribution in [0.25, 0.3) is 0 Å². The summed E-state index contributed by atoms with van der Waals surface area (Å²) in [5.74, 6) is -0.935. The molecule has 4 heteroatoms. The van der Waals surface area contributed by atoms with E-state index in [1.54, 1.807) is 6.07 Å². The SMILES string of the molecule is CCOC1(C(N)Cc2ccc(F)c(F)c2)CCC(C)CC1. The Hall–Kier alpha value is -1.00. The fraction of sp³-hybridized carbons (Fsp3) is 0.647. The van der Waals surface area contributed by atoms with Crippen molar-refractivity contribution in [2.75, 3.05) is 6.61 Å². The van der Waals surface area contributed by atoms with E-state index in [0.29, 0.717) is 18.9 Å². The molecule has 2 N–H and O–H groups in total. The van der Waals surface area contributed by atoms with Crippen molar-refractivity contribution in [1.29, 1.82) is 0 Å². The molecule has 2 nitrogen and oxygen atoms in total. The van der Waals surface area contributed by atoms with Gasteiger partial charge in [-0.3, -0.25) is 0 Å². The van der Waals surface area contributed by atoms with Crippen molar-refractivity contribution in [3.63, 3.8) is 0 Å². The average molecular weight is 297 g/mol. The fourth-order valence-corrected chi connectivity index (χ4v) is 3.27. The van der Waals surface area contributed by atoms with E-state index in [9.17, 15) is 8.78 Å². The Morgan fingerprint density at radius 1 is 1.29 bits per heavy atom. The van der Waals surface area contributed by atoms with Gasteiger partial charge >= 0.3 is 0 Å². The van der Waals surface area contributed by atoms with Crippen LogP contribution in [0, 0.1) is 17.6 Å². The first-order chi connectivity index (χ1) is 9.97. The lowest BCUT2D eigenvalue weighted by Crippen LogP contribution is -2.53.